The standard InChI is InChI=1S/C48H72N4O13S4/c1-31-15-19-39-37(27-31)47(4,5)41(51(39)24-9-13-43(53)49-29-32(2)67(57,58)59)21-16-34-11-8-12-35(46(34)66-26-23-45(55)56)17-22-42-48(6,7)38-28-36(69(63,64)65)18-20-40(38)52(42)25-10-14-44(54)50-30-33(3)68(60,61)62/h15,18-20,27-28,32-34,41-42H,8-14,16-17,21-26,29-30H2,1-7H3,(H,49,53)(H,50,54)(H,55,56)(H,57,58,59)(H,60,61,62)(H,63,64,65). The fourth-order valence-electron chi connectivity index (χ4n) is 10.4. The Labute approximate surface area is 413 Å². The molecule has 0 bridgehead atoms. The molecule has 0 fully saturated rings. The van der Waals surface area contributed by atoms with Crippen molar-refractivity contribution < 1.29 is 58.4 Å². The number of allylic oxidation sites excluding steroid dienone is 2. The molecule has 69 heavy (non-hydrogen) atoms. The molecule has 1 aliphatic carbocycles. The SMILES string of the molecule is Cc1ccc2c(c1)C(C)(C)C(CCC1CCCC(CCC3N(CCCC(=O)NCC(C)S(=O)(=O)O)c4ccc(S(=O)(=O)O)cc4C3(C)C)=C1SCCC(=O)O)N2CCCC(=O)NCC(C)S(=O)(=O)O. The zero-order valence-corrected chi connectivity index (χ0v) is 44.1. The predicted molar refractivity (Wildman–Crippen MR) is 270 cm³/mol. The molecule has 386 valence electrons. The van der Waals surface area contributed by atoms with E-state index in [0.717, 1.165) is 54.6 Å². The van der Waals surface area contributed by atoms with Gasteiger partial charge in [0.05, 0.1) is 11.3 Å². The van der Waals surface area contributed by atoms with Gasteiger partial charge in [0.15, 0.2) is 0 Å². The number of aryl methyl sites for hydroxylation is 1. The molecule has 5 rings (SSSR count). The average molecular weight is 1040 g/mol. The van der Waals surface area contributed by atoms with Gasteiger partial charge >= 0.3 is 5.97 Å². The lowest BCUT2D eigenvalue weighted by Crippen LogP contribution is -2.43. The minimum absolute atomic E-state index is 0.00566. The molecule has 2 amide bonds. The van der Waals surface area contributed by atoms with E-state index >= 15 is 0 Å². The number of benzene rings is 2. The van der Waals surface area contributed by atoms with Crippen molar-refractivity contribution in [3.63, 3.8) is 0 Å². The van der Waals surface area contributed by atoms with Gasteiger partial charge in [0.25, 0.3) is 30.4 Å². The number of aliphatic carboxylic acids is 1. The highest BCUT2D eigenvalue weighted by Gasteiger charge is 2.46. The molecular weight excluding hydrogens is 969 g/mol. The van der Waals surface area contributed by atoms with E-state index in [4.69, 9.17) is 0 Å². The van der Waals surface area contributed by atoms with Crippen LogP contribution >= 0.6 is 11.8 Å². The average Bonchev–Trinajstić information content (AvgIpc) is 3.59. The Bertz CT molecular complexity index is 2580. The van der Waals surface area contributed by atoms with Gasteiger partial charge in [-0.15, -0.1) is 11.8 Å². The smallest absolute Gasteiger partial charge is 0.304 e. The summed E-state index contributed by atoms with van der Waals surface area (Å²) >= 11 is 1.62. The molecule has 0 saturated carbocycles. The molecule has 0 radical (unpaired) electrons. The van der Waals surface area contributed by atoms with Crippen molar-refractivity contribution in [1.29, 1.82) is 0 Å². The Morgan fingerprint density at radius 1 is 0.739 bits per heavy atom. The van der Waals surface area contributed by atoms with E-state index in [1.807, 2.05) is 13.8 Å². The molecule has 5 atom stereocenters. The molecule has 0 spiro atoms. The summed E-state index contributed by atoms with van der Waals surface area (Å²) in [5.41, 5.74) is 5.46. The van der Waals surface area contributed by atoms with Crippen LogP contribution in [0.3, 0.4) is 0 Å². The Morgan fingerprint density at radius 3 is 1.75 bits per heavy atom. The number of carbonyl (C=O) groups excluding carboxylic acids is 2. The summed E-state index contributed by atoms with van der Waals surface area (Å²) in [6.07, 6.45) is 6.94. The number of nitrogens with zero attached hydrogens (tertiary/aromatic N) is 2. The monoisotopic (exact) mass is 1040 g/mol. The molecule has 6 N–H and O–H groups in total. The second-order valence-electron chi connectivity index (χ2n) is 20.2. The van der Waals surface area contributed by atoms with Crippen molar-refractivity contribution >= 4 is 71.3 Å². The topological polar surface area (TPSA) is 265 Å². The largest absolute Gasteiger partial charge is 0.481 e. The first-order chi connectivity index (χ1) is 32.0. The normalized spacial score (nSPS) is 20.9. The Morgan fingerprint density at radius 2 is 1.25 bits per heavy atom. The molecule has 21 heteroatoms. The summed E-state index contributed by atoms with van der Waals surface area (Å²) in [4.78, 5) is 43.0. The molecule has 2 aromatic rings. The van der Waals surface area contributed by atoms with Crippen LogP contribution in [-0.4, -0.2) is 116 Å². The van der Waals surface area contributed by atoms with E-state index < -0.39 is 52.2 Å². The molecule has 3 aliphatic rings. The summed E-state index contributed by atoms with van der Waals surface area (Å²) in [5, 5.41) is 12.6. The van der Waals surface area contributed by atoms with Crippen LogP contribution in [0.1, 0.15) is 135 Å². The molecule has 0 saturated heterocycles. The lowest BCUT2D eigenvalue weighted by Gasteiger charge is -2.38. The number of hydrogen-bond acceptors (Lipinski definition) is 12. The highest BCUT2D eigenvalue weighted by atomic mass is 32.2. The maximum absolute atomic E-state index is 12.8. The van der Waals surface area contributed by atoms with Crippen molar-refractivity contribution in [3.8, 4) is 0 Å². The predicted octanol–water partition coefficient (Wildman–Crippen LogP) is 7.04. The summed E-state index contributed by atoms with van der Waals surface area (Å²) in [5.74, 6) is -0.952. The van der Waals surface area contributed by atoms with Crippen molar-refractivity contribution in [2.24, 2.45) is 5.92 Å². The van der Waals surface area contributed by atoms with Crippen LogP contribution in [-0.2, 0) is 55.6 Å². The zero-order chi connectivity index (χ0) is 51.3. The van der Waals surface area contributed by atoms with Crippen LogP contribution < -0.4 is 20.4 Å². The van der Waals surface area contributed by atoms with Crippen LogP contribution in [0.4, 0.5) is 11.4 Å². The van der Waals surface area contributed by atoms with Crippen molar-refractivity contribution in [2.75, 3.05) is 41.7 Å². The number of rotatable bonds is 25. The van der Waals surface area contributed by atoms with E-state index in [0.29, 0.717) is 44.5 Å². The summed E-state index contributed by atoms with van der Waals surface area (Å²) < 4.78 is 99.2. The number of carboxylic acids is 1. The van der Waals surface area contributed by atoms with Gasteiger partial charge in [0.1, 0.15) is 10.5 Å². The minimum atomic E-state index is -4.50. The Kier molecular flexibility index (Phi) is 18.6. The number of anilines is 2. The van der Waals surface area contributed by atoms with Crippen LogP contribution in [0.5, 0.6) is 0 Å². The lowest BCUT2D eigenvalue weighted by atomic mass is 9.75. The number of amides is 2. The number of nitrogens with one attached hydrogen (secondary N) is 2. The highest BCUT2D eigenvalue weighted by molar-refractivity contribution is 8.03. The molecule has 2 aliphatic heterocycles. The molecule has 0 aromatic heterocycles. The van der Waals surface area contributed by atoms with Crippen molar-refractivity contribution in [3.05, 3.63) is 63.6 Å². The maximum Gasteiger partial charge on any atom is 0.304 e. The van der Waals surface area contributed by atoms with Gasteiger partial charge < -0.3 is 25.5 Å². The second kappa shape index (κ2) is 22.8. The maximum atomic E-state index is 12.8. The molecule has 2 heterocycles. The van der Waals surface area contributed by atoms with E-state index in [1.54, 1.807) is 17.8 Å². The van der Waals surface area contributed by atoms with E-state index in [2.05, 4.69) is 59.4 Å². The first-order valence-corrected chi connectivity index (χ1v) is 29.3. The summed E-state index contributed by atoms with van der Waals surface area (Å²) in [7, 11) is -13.1. The molecule has 2 aromatic carbocycles. The van der Waals surface area contributed by atoms with Crippen LogP contribution in [0, 0.1) is 12.8 Å². The van der Waals surface area contributed by atoms with Gasteiger partial charge in [-0.1, -0.05) is 51.0 Å². The molecule has 5 unspecified atom stereocenters. The third-order valence-electron chi connectivity index (χ3n) is 14.5. The van der Waals surface area contributed by atoms with Crippen LogP contribution in [0.15, 0.2) is 51.8 Å². The van der Waals surface area contributed by atoms with E-state index in [9.17, 15) is 58.4 Å². The van der Waals surface area contributed by atoms with Crippen LogP contribution in [0.25, 0.3) is 0 Å². The number of carboxylic acid groups (broad SMARTS) is 1. The summed E-state index contributed by atoms with van der Waals surface area (Å²) in [6, 6.07) is 11.0. The Hall–Kier alpha value is -3.73. The lowest BCUT2D eigenvalue weighted by molar-refractivity contribution is -0.136. The highest BCUT2D eigenvalue weighted by Crippen LogP contribution is 2.51. The van der Waals surface area contributed by atoms with Gasteiger partial charge in [-0.05, 0) is 125 Å². The van der Waals surface area contributed by atoms with Gasteiger partial charge in [0, 0.05) is 79.1 Å². The molecular formula is C48H72N4O13S4. The van der Waals surface area contributed by atoms with Crippen molar-refractivity contribution in [2.45, 2.75) is 164 Å². The van der Waals surface area contributed by atoms with E-state index in [-0.39, 0.29) is 72.5 Å². The first-order valence-electron chi connectivity index (χ1n) is 23.8. The minimum Gasteiger partial charge on any atom is -0.481 e. The van der Waals surface area contributed by atoms with Crippen LogP contribution in [0.2, 0.25) is 0 Å². The van der Waals surface area contributed by atoms with Crippen molar-refractivity contribution in [1.82, 2.24) is 10.6 Å². The number of thioether (sulfide) groups is 1. The second-order valence-corrected chi connectivity index (χ2v) is 26.4. The Balaban J connectivity index is 1.37. The fraction of sp³-hybridized carbons (Fsp3) is 0.646. The number of carbonyl (C=O) groups is 3. The zero-order valence-electron chi connectivity index (χ0n) is 40.9. The number of fused-ring (bicyclic) bond motifs is 2. The van der Waals surface area contributed by atoms with E-state index in [1.165, 1.54) is 42.0 Å². The summed E-state index contributed by atoms with van der Waals surface area (Å²) in [6.45, 7) is 13.9. The molecule has 17 nitrogen and oxygen atoms in total. The first kappa shape index (κ1) is 56.2. The van der Waals surface area contributed by atoms with Gasteiger partial charge in [-0.25, -0.2) is 0 Å². The van der Waals surface area contributed by atoms with Gasteiger partial charge in [-0.2, -0.15) is 25.3 Å². The van der Waals surface area contributed by atoms with Gasteiger partial charge in [-0.3, -0.25) is 28.0 Å². The quantitative estimate of drug-likeness (QED) is 0.0545. The third-order valence-corrected chi connectivity index (χ3v) is 19.0. The van der Waals surface area contributed by atoms with Gasteiger partial charge in [0.2, 0.25) is 11.8 Å². The fourth-order valence-corrected chi connectivity index (χ4v) is 12.9. The third kappa shape index (κ3) is 14.2. The number of hydrogen-bond donors (Lipinski definition) is 6.